The normalized spacial score (nSPS) is 24.2. The Hall–Kier alpha value is -2.23. The van der Waals surface area contributed by atoms with Crippen molar-refractivity contribution in [3.63, 3.8) is 0 Å². The molecular weight excluding hydrogens is 340 g/mol. The highest BCUT2D eigenvalue weighted by atomic mass is 16.3. The van der Waals surface area contributed by atoms with E-state index in [0.717, 1.165) is 5.56 Å². The highest BCUT2D eigenvalue weighted by Crippen LogP contribution is 2.47. The predicted molar refractivity (Wildman–Crippen MR) is 103 cm³/mol. The summed E-state index contributed by atoms with van der Waals surface area (Å²) in [5.74, 6) is -2.02. The number of aliphatic hydroxyl groups excluding tert-OH is 1. The lowest BCUT2D eigenvalue weighted by Crippen LogP contribution is -2.43. The van der Waals surface area contributed by atoms with Crippen LogP contribution in [0.4, 0.5) is 0 Å². The maximum Gasteiger partial charge on any atom is 0.163 e. The van der Waals surface area contributed by atoms with E-state index in [-0.39, 0.29) is 39.5 Å². The van der Waals surface area contributed by atoms with E-state index in [1.54, 1.807) is 0 Å². The third-order valence-electron chi connectivity index (χ3n) is 5.70. The number of Topliss-reactive ketones (excluding diaryl/α,β-unsaturated/α-hetero) is 3. The first-order chi connectivity index (χ1) is 12.5. The quantitative estimate of drug-likeness (QED) is 0.795. The Labute approximate surface area is 160 Å². The van der Waals surface area contributed by atoms with E-state index in [1.807, 2.05) is 58.0 Å². The SMILES string of the molecule is CC1(C)CC(=O)C([C@@H](C2=C(O)CC(C)(C)CC2=O)c2ccccc2)C(=O)C1. The summed E-state index contributed by atoms with van der Waals surface area (Å²) in [6, 6.07) is 9.18. The molecule has 0 radical (unpaired) electrons. The average Bonchev–Trinajstić information content (AvgIpc) is 2.50. The number of ketones is 3. The molecule has 0 aliphatic heterocycles. The van der Waals surface area contributed by atoms with Crippen molar-refractivity contribution in [3.05, 3.63) is 47.2 Å². The summed E-state index contributed by atoms with van der Waals surface area (Å²) >= 11 is 0. The van der Waals surface area contributed by atoms with Gasteiger partial charge in [0.25, 0.3) is 0 Å². The number of rotatable bonds is 3. The molecule has 1 N–H and O–H groups in total. The zero-order valence-corrected chi connectivity index (χ0v) is 16.5. The van der Waals surface area contributed by atoms with Crippen LogP contribution in [-0.4, -0.2) is 22.5 Å². The van der Waals surface area contributed by atoms with Crippen molar-refractivity contribution in [2.75, 3.05) is 0 Å². The van der Waals surface area contributed by atoms with Gasteiger partial charge in [0.1, 0.15) is 17.3 Å². The smallest absolute Gasteiger partial charge is 0.163 e. The molecule has 1 saturated carbocycles. The summed E-state index contributed by atoms with van der Waals surface area (Å²) in [7, 11) is 0. The Balaban J connectivity index is 2.13. The molecule has 0 saturated heterocycles. The first-order valence-electron chi connectivity index (χ1n) is 9.56. The van der Waals surface area contributed by atoms with E-state index in [2.05, 4.69) is 0 Å². The average molecular weight is 368 g/mol. The molecule has 1 fully saturated rings. The molecular formula is C23H28O4. The van der Waals surface area contributed by atoms with Crippen molar-refractivity contribution in [3.8, 4) is 0 Å². The molecule has 2 aliphatic rings. The van der Waals surface area contributed by atoms with Gasteiger partial charge in [0.15, 0.2) is 5.78 Å². The molecule has 0 spiro atoms. The number of aliphatic hydroxyl groups is 1. The largest absolute Gasteiger partial charge is 0.512 e. The van der Waals surface area contributed by atoms with E-state index in [9.17, 15) is 19.5 Å². The maximum absolute atomic E-state index is 13.0. The van der Waals surface area contributed by atoms with Gasteiger partial charge < -0.3 is 5.11 Å². The Bertz CT molecular complexity index is 794. The predicted octanol–water partition coefficient (Wildman–Crippen LogP) is 4.55. The van der Waals surface area contributed by atoms with Crippen LogP contribution in [0.1, 0.15) is 64.9 Å². The zero-order chi connectivity index (χ0) is 20.0. The number of carbonyl (C=O) groups excluding carboxylic acids is 3. The van der Waals surface area contributed by atoms with Gasteiger partial charge in [-0.25, -0.2) is 0 Å². The van der Waals surface area contributed by atoms with Gasteiger partial charge in [0.05, 0.1) is 5.92 Å². The molecule has 0 amide bonds. The number of benzene rings is 1. The fourth-order valence-corrected chi connectivity index (χ4v) is 4.62. The van der Waals surface area contributed by atoms with Crippen LogP contribution in [0, 0.1) is 16.7 Å². The van der Waals surface area contributed by atoms with Gasteiger partial charge in [0.2, 0.25) is 0 Å². The highest BCUT2D eigenvalue weighted by Gasteiger charge is 2.48. The Kier molecular flexibility index (Phi) is 4.87. The Morgan fingerprint density at radius 3 is 1.89 bits per heavy atom. The molecule has 27 heavy (non-hydrogen) atoms. The van der Waals surface area contributed by atoms with Crippen molar-refractivity contribution in [1.82, 2.24) is 0 Å². The Morgan fingerprint density at radius 1 is 0.852 bits per heavy atom. The zero-order valence-electron chi connectivity index (χ0n) is 16.5. The van der Waals surface area contributed by atoms with Crippen LogP contribution in [0.3, 0.4) is 0 Å². The van der Waals surface area contributed by atoms with E-state index in [4.69, 9.17) is 0 Å². The van der Waals surface area contributed by atoms with Gasteiger partial charge >= 0.3 is 0 Å². The molecule has 4 heteroatoms. The van der Waals surface area contributed by atoms with Gasteiger partial charge in [-0.2, -0.15) is 0 Å². The molecule has 1 aromatic carbocycles. The van der Waals surface area contributed by atoms with Crippen molar-refractivity contribution in [2.45, 2.75) is 59.3 Å². The van der Waals surface area contributed by atoms with Gasteiger partial charge in [0, 0.05) is 37.2 Å². The topological polar surface area (TPSA) is 71.4 Å². The van der Waals surface area contributed by atoms with Crippen LogP contribution in [0.25, 0.3) is 0 Å². The van der Waals surface area contributed by atoms with Crippen molar-refractivity contribution in [2.24, 2.45) is 16.7 Å². The summed E-state index contributed by atoms with van der Waals surface area (Å²) < 4.78 is 0. The second kappa shape index (κ2) is 6.74. The lowest BCUT2D eigenvalue weighted by atomic mass is 9.62. The van der Waals surface area contributed by atoms with Crippen LogP contribution in [0.15, 0.2) is 41.7 Å². The Morgan fingerprint density at radius 2 is 1.37 bits per heavy atom. The molecule has 0 unspecified atom stereocenters. The first kappa shape index (κ1) is 19.5. The molecule has 2 aliphatic carbocycles. The van der Waals surface area contributed by atoms with Gasteiger partial charge in [-0.3, -0.25) is 14.4 Å². The minimum atomic E-state index is -0.900. The van der Waals surface area contributed by atoms with Crippen molar-refractivity contribution < 1.29 is 19.5 Å². The van der Waals surface area contributed by atoms with Crippen LogP contribution >= 0.6 is 0 Å². The van der Waals surface area contributed by atoms with Gasteiger partial charge in [-0.1, -0.05) is 58.0 Å². The summed E-state index contributed by atoms with van der Waals surface area (Å²) in [6.45, 7) is 7.72. The summed E-state index contributed by atoms with van der Waals surface area (Å²) in [5, 5.41) is 10.7. The molecule has 4 nitrogen and oxygen atoms in total. The van der Waals surface area contributed by atoms with Gasteiger partial charge in [-0.15, -0.1) is 0 Å². The van der Waals surface area contributed by atoms with Crippen LogP contribution in [0.2, 0.25) is 0 Å². The van der Waals surface area contributed by atoms with Crippen LogP contribution in [-0.2, 0) is 14.4 Å². The standard InChI is InChI=1S/C23H28O4/c1-22(2)10-15(24)20(16(25)11-22)19(14-8-6-5-7-9-14)21-17(26)12-23(3,4)13-18(21)27/h5-9,19-20,26H,10-13H2,1-4H3/t19-/m0/s1. The van der Waals surface area contributed by atoms with E-state index < -0.39 is 11.8 Å². The van der Waals surface area contributed by atoms with Crippen molar-refractivity contribution >= 4 is 17.3 Å². The number of hydrogen-bond acceptors (Lipinski definition) is 4. The summed E-state index contributed by atoms with van der Waals surface area (Å²) in [5.41, 5.74) is 0.306. The molecule has 3 rings (SSSR count). The van der Waals surface area contributed by atoms with Gasteiger partial charge in [-0.05, 0) is 16.4 Å². The molecule has 0 aromatic heterocycles. The lowest BCUT2D eigenvalue weighted by molar-refractivity contribution is -0.140. The second-order valence-corrected chi connectivity index (χ2v) is 9.62. The summed E-state index contributed by atoms with van der Waals surface area (Å²) in [6.07, 6.45) is 1.29. The molecule has 0 bridgehead atoms. The second-order valence-electron chi connectivity index (χ2n) is 9.62. The molecule has 1 atom stereocenters. The minimum Gasteiger partial charge on any atom is -0.512 e. The van der Waals surface area contributed by atoms with Crippen LogP contribution in [0.5, 0.6) is 0 Å². The summed E-state index contributed by atoms with van der Waals surface area (Å²) in [4.78, 5) is 38.9. The molecule has 1 aromatic rings. The lowest BCUT2D eigenvalue weighted by Gasteiger charge is -2.39. The third kappa shape index (κ3) is 3.90. The molecule has 144 valence electrons. The number of hydrogen-bond donors (Lipinski definition) is 1. The van der Waals surface area contributed by atoms with E-state index in [0.29, 0.717) is 25.7 Å². The number of carbonyl (C=O) groups is 3. The van der Waals surface area contributed by atoms with Crippen LogP contribution < -0.4 is 0 Å². The monoisotopic (exact) mass is 368 g/mol. The van der Waals surface area contributed by atoms with E-state index in [1.165, 1.54) is 0 Å². The maximum atomic E-state index is 13.0. The minimum absolute atomic E-state index is 0.0236. The highest BCUT2D eigenvalue weighted by molar-refractivity contribution is 6.09. The fraction of sp³-hybridized carbons (Fsp3) is 0.522. The third-order valence-corrected chi connectivity index (χ3v) is 5.70. The number of allylic oxidation sites excluding steroid dienone is 2. The molecule has 0 heterocycles. The fourth-order valence-electron chi connectivity index (χ4n) is 4.62. The van der Waals surface area contributed by atoms with E-state index >= 15 is 0 Å². The van der Waals surface area contributed by atoms with Crippen molar-refractivity contribution in [1.29, 1.82) is 0 Å². The first-order valence-corrected chi connectivity index (χ1v) is 9.56.